The Labute approximate surface area is 102 Å². The van der Waals surface area contributed by atoms with Crippen LogP contribution in [0.4, 0.5) is 0 Å². The maximum atomic E-state index is 11.5. The highest BCUT2D eigenvalue weighted by molar-refractivity contribution is 5.92. The molecule has 0 radical (unpaired) electrons. The number of rotatable bonds is 3. The third kappa shape index (κ3) is 2.91. The lowest BCUT2D eigenvalue weighted by atomic mass is 10.4. The van der Waals surface area contributed by atoms with Gasteiger partial charge in [-0.2, -0.15) is 10.2 Å². The van der Waals surface area contributed by atoms with Crippen molar-refractivity contribution in [1.29, 1.82) is 0 Å². The van der Waals surface area contributed by atoms with E-state index < -0.39 is 5.91 Å². The van der Waals surface area contributed by atoms with Crippen LogP contribution in [0.1, 0.15) is 22.0 Å². The van der Waals surface area contributed by atoms with Gasteiger partial charge in [0.2, 0.25) is 0 Å². The van der Waals surface area contributed by atoms with Crippen molar-refractivity contribution in [2.75, 3.05) is 0 Å². The Kier molecular flexibility index (Phi) is 3.33. The van der Waals surface area contributed by atoms with Crippen LogP contribution >= 0.6 is 0 Å². The van der Waals surface area contributed by atoms with Gasteiger partial charge >= 0.3 is 0 Å². The molecule has 7 nitrogen and oxygen atoms in total. The zero-order chi connectivity index (χ0) is 13.0. The number of aromatic amines is 1. The minimum atomic E-state index is -0.522. The van der Waals surface area contributed by atoms with Crippen molar-refractivity contribution in [1.82, 2.24) is 15.6 Å². The Hall–Kier alpha value is -2.70. The Morgan fingerprint density at radius 1 is 1.44 bits per heavy atom. The van der Waals surface area contributed by atoms with Crippen LogP contribution in [0, 0.1) is 6.92 Å². The number of nitrogens with zero attached hydrogens (tertiary/aromatic N) is 2. The molecule has 2 heterocycles. The smallest absolute Gasteiger partial charge is 0.291 e. The molecule has 0 saturated carbocycles. The van der Waals surface area contributed by atoms with Crippen LogP contribution in [-0.4, -0.2) is 22.3 Å². The number of nitrogens with one attached hydrogen (secondary N) is 2. The highest BCUT2D eigenvalue weighted by Gasteiger charge is 2.05. The molecule has 0 atom stereocenters. The van der Waals surface area contributed by atoms with Crippen molar-refractivity contribution in [3.05, 3.63) is 51.8 Å². The first-order valence-corrected chi connectivity index (χ1v) is 5.11. The van der Waals surface area contributed by atoms with E-state index >= 15 is 0 Å². The van der Waals surface area contributed by atoms with E-state index in [-0.39, 0.29) is 11.3 Å². The van der Waals surface area contributed by atoms with Crippen LogP contribution in [0.2, 0.25) is 0 Å². The molecule has 18 heavy (non-hydrogen) atoms. The number of H-pyrrole nitrogens is 1. The largest absolute Gasteiger partial charge is 0.460 e. The fourth-order valence-corrected chi connectivity index (χ4v) is 1.21. The molecule has 0 bridgehead atoms. The van der Waals surface area contributed by atoms with E-state index in [1.54, 1.807) is 19.1 Å². The second-order valence-electron chi connectivity index (χ2n) is 3.45. The van der Waals surface area contributed by atoms with Gasteiger partial charge in [-0.25, -0.2) is 10.5 Å². The summed E-state index contributed by atoms with van der Waals surface area (Å²) in [7, 11) is 0. The van der Waals surface area contributed by atoms with Crippen molar-refractivity contribution in [2.45, 2.75) is 6.92 Å². The van der Waals surface area contributed by atoms with Crippen LogP contribution in [-0.2, 0) is 0 Å². The molecule has 2 N–H and O–H groups in total. The molecule has 0 spiro atoms. The number of carbonyl (C=O) groups excluding carboxylic acids is 1. The molecule has 0 aliphatic carbocycles. The monoisotopic (exact) mass is 246 g/mol. The van der Waals surface area contributed by atoms with E-state index in [1.807, 2.05) is 0 Å². The van der Waals surface area contributed by atoms with E-state index in [0.29, 0.717) is 5.76 Å². The summed E-state index contributed by atoms with van der Waals surface area (Å²) in [6.45, 7) is 1.81. The van der Waals surface area contributed by atoms with E-state index in [1.165, 1.54) is 18.3 Å². The first-order chi connectivity index (χ1) is 8.65. The standard InChI is InChI=1S/C11H10N4O3/c1-7-2-3-8(18-7)6-12-15-11(17)9-4-5-10(16)14-13-9/h2-6H,1H3,(H,14,16)(H,15,17)/b12-6+. The molecule has 2 rings (SSSR count). The fourth-order valence-electron chi connectivity index (χ4n) is 1.21. The Morgan fingerprint density at radius 2 is 2.28 bits per heavy atom. The van der Waals surface area contributed by atoms with Gasteiger partial charge in [0, 0.05) is 6.07 Å². The lowest BCUT2D eigenvalue weighted by Crippen LogP contribution is -2.21. The van der Waals surface area contributed by atoms with Gasteiger partial charge in [0.05, 0.1) is 6.21 Å². The van der Waals surface area contributed by atoms with Gasteiger partial charge in [-0.1, -0.05) is 0 Å². The Balaban J connectivity index is 1.98. The molecular formula is C11H10N4O3. The highest BCUT2D eigenvalue weighted by Crippen LogP contribution is 2.02. The second kappa shape index (κ2) is 5.09. The Bertz CT molecular complexity index is 621. The molecular weight excluding hydrogens is 236 g/mol. The number of carbonyl (C=O) groups is 1. The molecule has 0 aliphatic heterocycles. The van der Waals surface area contributed by atoms with Gasteiger partial charge in [-0.15, -0.1) is 0 Å². The van der Waals surface area contributed by atoms with Gasteiger partial charge in [0.15, 0.2) is 5.69 Å². The third-order valence-corrected chi connectivity index (χ3v) is 2.03. The molecule has 2 aromatic rings. The van der Waals surface area contributed by atoms with Gasteiger partial charge in [0.1, 0.15) is 11.5 Å². The number of aromatic nitrogens is 2. The summed E-state index contributed by atoms with van der Waals surface area (Å²) in [5.74, 6) is 0.762. The summed E-state index contributed by atoms with van der Waals surface area (Å²) < 4.78 is 5.22. The van der Waals surface area contributed by atoms with Crippen molar-refractivity contribution in [2.24, 2.45) is 5.10 Å². The fraction of sp³-hybridized carbons (Fsp3) is 0.0909. The van der Waals surface area contributed by atoms with E-state index in [2.05, 4.69) is 20.7 Å². The minimum Gasteiger partial charge on any atom is -0.460 e. The predicted octanol–water partition coefficient (Wildman–Crippen LogP) is 0.435. The van der Waals surface area contributed by atoms with Crippen LogP contribution in [0.3, 0.4) is 0 Å². The van der Waals surface area contributed by atoms with Crippen molar-refractivity contribution in [3.8, 4) is 0 Å². The highest BCUT2D eigenvalue weighted by atomic mass is 16.3. The Morgan fingerprint density at radius 3 is 2.89 bits per heavy atom. The van der Waals surface area contributed by atoms with Gasteiger partial charge in [-0.3, -0.25) is 9.59 Å². The summed E-state index contributed by atoms with van der Waals surface area (Å²) in [5.41, 5.74) is 1.96. The molecule has 0 unspecified atom stereocenters. The van der Waals surface area contributed by atoms with Crippen LogP contribution in [0.25, 0.3) is 0 Å². The van der Waals surface area contributed by atoms with Crippen molar-refractivity contribution >= 4 is 12.1 Å². The van der Waals surface area contributed by atoms with Gasteiger partial charge < -0.3 is 4.42 Å². The minimum absolute atomic E-state index is 0.0716. The summed E-state index contributed by atoms with van der Waals surface area (Å²) >= 11 is 0. The molecule has 0 aromatic carbocycles. The van der Waals surface area contributed by atoms with Crippen LogP contribution in [0.15, 0.2) is 38.6 Å². The summed E-state index contributed by atoms with van der Waals surface area (Å²) in [5, 5.41) is 9.42. The lowest BCUT2D eigenvalue weighted by Gasteiger charge is -1.96. The number of hydrogen-bond donors (Lipinski definition) is 2. The van der Waals surface area contributed by atoms with Crippen LogP contribution in [0.5, 0.6) is 0 Å². The number of hydrazone groups is 1. The topological polar surface area (TPSA) is 100 Å². The second-order valence-corrected chi connectivity index (χ2v) is 3.45. The molecule has 0 saturated heterocycles. The first-order valence-electron chi connectivity index (χ1n) is 5.11. The molecule has 0 aliphatic rings. The number of amides is 1. The van der Waals surface area contributed by atoms with Gasteiger partial charge in [0.25, 0.3) is 11.5 Å². The average Bonchev–Trinajstić information content (AvgIpc) is 2.76. The number of furan rings is 1. The molecule has 2 aromatic heterocycles. The lowest BCUT2D eigenvalue weighted by molar-refractivity contribution is 0.0949. The summed E-state index contributed by atoms with van der Waals surface area (Å²) in [6, 6.07) is 6.03. The molecule has 1 amide bonds. The molecule has 7 heteroatoms. The maximum absolute atomic E-state index is 11.5. The third-order valence-electron chi connectivity index (χ3n) is 2.03. The van der Waals surface area contributed by atoms with Crippen molar-refractivity contribution in [3.63, 3.8) is 0 Å². The normalized spacial score (nSPS) is 10.7. The van der Waals surface area contributed by atoms with E-state index in [4.69, 9.17) is 4.42 Å². The van der Waals surface area contributed by atoms with Crippen molar-refractivity contribution < 1.29 is 9.21 Å². The SMILES string of the molecule is Cc1ccc(/C=N/NC(=O)c2ccc(=O)[nH]n2)o1. The first kappa shape index (κ1) is 11.8. The van der Waals surface area contributed by atoms with Gasteiger partial charge in [-0.05, 0) is 25.1 Å². The predicted molar refractivity (Wildman–Crippen MR) is 63.4 cm³/mol. The van der Waals surface area contributed by atoms with Crippen LogP contribution < -0.4 is 11.0 Å². The maximum Gasteiger partial charge on any atom is 0.291 e. The average molecular weight is 246 g/mol. The zero-order valence-electron chi connectivity index (χ0n) is 9.51. The zero-order valence-corrected chi connectivity index (χ0v) is 9.51. The van der Waals surface area contributed by atoms with E-state index in [9.17, 15) is 9.59 Å². The summed E-state index contributed by atoms with van der Waals surface area (Å²) in [6.07, 6.45) is 1.37. The molecule has 0 fully saturated rings. The number of hydrogen-bond acceptors (Lipinski definition) is 5. The number of aryl methyl sites for hydroxylation is 1. The summed E-state index contributed by atoms with van der Waals surface area (Å²) in [4.78, 5) is 22.3. The van der Waals surface area contributed by atoms with E-state index in [0.717, 1.165) is 5.76 Å². The molecule has 92 valence electrons. The quantitative estimate of drug-likeness (QED) is 0.606.